The van der Waals surface area contributed by atoms with E-state index in [9.17, 15) is 5.11 Å². The van der Waals surface area contributed by atoms with E-state index in [-0.39, 0.29) is 5.75 Å². The van der Waals surface area contributed by atoms with Crippen molar-refractivity contribution in [3.05, 3.63) is 42.2 Å². The second-order valence-corrected chi connectivity index (χ2v) is 4.01. The maximum absolute atomic E-state index is 9.35. The lowest BCUT2D eigenvalue weighted by atomic mass is 10.2. The number of hydrogen-bond donors (Lipinski definition) is 2. The van der Waals surface area contributed by atoms with Crippen molar-refractivity contribution in [2.75, 3.05) is 19.0 Å². The van der Waals surface area contributed by atoms with Crippen LogP contribution < -0.4 is 5.32 Å². The van der Waals surface area contributed by atoms with Crippen LogP contribution in [0.4, 0.5) is 5.69 Å². The SMILES string of the molecule is COCCn1cc(NCc2cccc(O)c2)cn1. The summed E-state index contributed by atoms with van der Waals surface area (Å²) >= 11 is 0. The molecule has 18 heavy (non-hydrogen) atoms. The Hall–Kier alpha value is -2.01. The van der Waals surface area contributed by atoms with Gasteiger partial charge in [-0.15, -0.1) is 0 Å². The number of nitrogens with one attached hydrogen (secondary N) is 1. The number of rotatable bonds is 6. The van der Waals surface area contributed by atoms with Crippen molar-refractivity contribution in [2.24, 2.45) is 0 Å². The average molecular weight is 247 g/mol. The first-order valence-electron chi connectivity index (χ1n) is 5.81. The molecule has 0 saturated heterocycles. The third kappa shape index (κ3) is 3.49. The minimum atomic E-state index is 0.282. The molecular weight excluding hydrogens is 230 g/mol. The molecule has 0 fully saturated rings. The zero-order valence-electron chi connectivity index (χ0n) is 10.3. The largest absolute Gasteiger partial charge is 0.508 e. The topological polar surface area (TPSA) is 59.3 Å². The molecule has 0 unspecified atom stereocenters. The Morgan fingerprint density at radius 1 is 1.44 bits per heavy atom. The normalized spacial score (nSPS) is 10.5. The summed E-state index contributed by atoms with van der Waals surface area (Å²) in [5, 5.41) is 16.8. The van der Waals surface area contributed by atoms with Gasteiger partial charge in [0, 0.05) is 19.9 Å². The van der Waals surface area contributed by atoms with Gasteiger partial charge in [0.1, 0.15) is 5.75 Å². The molecule has 0 bridgehead atoms. The molecule has 0 saturated carbocycles. The van der Waals surface area contributed by atoms with Gasteiger partial charge in [-0.25, -0.2) is 0 Å². The first-order valence-corrected chi connectivity index (χ1v) is 5.81. The molecule has 1 aromatic heterocycles. The molecule has 0 amide bonds. The number of phenols is 1. The Balaban J connectivity index is 1.88. The van der Waals surface area contributed by atoms with E-state index >= 15 is 0 Å². The van der Waals surface area contributed by atoms with Gasteiger partial charge in [0.2, 0.25) is 0 Å². The lowest BCUT2D eigenvalue weighted by Gasteiger charge is -2.04. The summed E-state index contributed by atoms with van der Waals surface area (Å²) < 4.78 is 6.82. The summed E-state index contributed by atoms with van der Waals surface area (Å²) in [6.45, 7) is 2.04. The second kappa shape index (κ2) is 6.07. The summed E-state index contributed by atoms with van der Waals surface area (Å²) in [7, 11) is 1.67. The van der Waals surface area contributed by atoms with Gasteiger partial charge in [-0.2, -0.15) is 5.10 Å². The van der Waals surface area contributed by atoms with Gasteiger partial charge in [0.05, 0.1) is 25.0 Å². The molecule has 1 heterocycles. The van der Waals surface area contributed by atoms with Crippen molar-refractivity contribution in [1.82, 2.24) is 9.78 Å². The zero-order valence-corrected chi connectivity index (χ0v) is 10.3. The Labute approximate surface area is 106 Å². The fourth-order valence-corrected chi connectivity index (χ4v) is 1.63. The molecule has 1 aromatic carbocycles. The van der Waals surface area contributed by atoms with E-state index in [2.05, 4.69) is 10.4 Å². The first-order chi connectivity index (χ1) is 8.78. The predicted octanol–water partition coefficient (Wildman–Crippen LogP) is 1.85. The van der Waals surface area contributed by atoms with Crippen LogP contribution in [0.1, 0.15) is 5.56 Å². The van der Waals surface area contributed by atoms with Crippen LogP contribution in [-0.2, 0) is 17.8 Å². The number of benzene rings is 1. The van der Waals surface area contributed by atoms with Gasteiger partial charge in [0.25, 0.3) is 0 Å². The third-order valence-electron chi connectivity index (χ3n) is 2.56. The molecule has 0 aliphatic rings. The van der Waals surface area contributed by atoms with E-state index < -0.39 is 0 Å². The highest BCUT2D eigenvalue weighted by Gasteiger charge is 1.99. The molecule has 2 N–H and O–H groups in total. The van der Waals surface area contributed by atoms with Gasteiger partial charge < -0.3 is 15.2 Å². The standard InChI is InChI=1S/C13H17N3O2/c1-18-6-5-16-10-12(9-15-16)14-8-11-3-2-4-13(17)7-11/h2-4,7,9-10,14,17H,5-6,8H2,1H3. The summed E-state index contributed by atoms with van der Waals surface area (Å²) in [6.07, 6.45) is 3.71. The predicted molar refractivity (Wildman–Crippen MR) is 69.5 cm³/mol. The second-order valence-electron chi connectivity index (χ2n) is 4.01. The van der Waals surface area contributed by atoms with E-state index in [1.807, 2.05) is 23.0 Å². The summed E-state index contributed by atoms with van der Waals surface area (Å²) in [6, 6.07) is 7.19. The van der Waals surface area contributed by atoms with E-state index in [1.165, 1.54) is 0 Å². The summed E-state index contributed by atoms with van der Waals surface area (Å²) in [4.78, 5) is 0. The molecule has 0 atom stereocenters. The fourth-order valence-electron chi connectivity index (χ4n) is 1.63. The van der Waals surface area contributed by atoms with Gasteiger partial charge in [-0.3, -0.25) is 4.68 Å². The van der Waals surface area contributed by atoms with Crippen LogP contribution in [0.5, 0.6) is 5.75 Å². The number of nitrogens with zero attached hydrogens (tertiary/aromatic N) is 2. The van der Waals surface area contributed by atoms with E-state index in [0.717, 1.165) is 17.8 Å². The van der Waals surface area contributed by atoms with Crippen molar-refractivity contribution in [3.8, 4) is 5.75 Å². The van der Waals surface area contributed by atoms with Crippen LogP contribution in [0, 0.1) is 0 Å². The average Bonchev–Trinajstić information content (AvgIpc) is 2.82. The van der Waals surface area contributed by atoms with Crippen molar-refractivity contribution >= 4 is 5.69 Å². The minimum absolute atomic E-state index is 0.282. The Kier molecular flexibility index (Phi) is 4.20. The highest BCUT2D eigenvalue weighted by atomic mass is 16.5. The molecule has 96 valence electrons. The molecule has 2 rings (SSSR count). The van der Waals surface area contributed by atoms with Gasteiger partial charge in [-0.05, 0) is 17.7 Å². The van der Waals surface area contributed by atoms with Crippen LogP contribution in [0.25, 0.3) is 0 Å². The smallest absolute Gasteiger partial charge is 0.115 e. The van der Waals surface area contributed by atoms with Crippen molar-refractivity contribution in [1.29, 1.82) is 0 Å². The number of aromatic hydroxyl groups is 1. The van der Waals surface area contributed by atoms with Crippen LogP contribution in [0.3, 0.4) is 0 Å². The number of ether oxygens (including phenoxy) is 1. The van der Waals surface area contributed by atoms with E-state index in [1.54, 1.807) is 25.4 Å². The zero-order chi connectivity index (χ0) is 12.8. The highest BCUT2D eigenvalue weighted by molar-refractivity contribution is 5.40. The van der Waals surface area contributed by atoms with Crippen LogP contribution >= 0.6 is 0 Å². The minimum Gasteiger partial charge on any atom is -0.508 e. The maximum atomic E-state index is 9.35. The highest BCUT2D eigenvalue weighted by Crippen LogP contribution is 2.13. The van der Waals surface area contributed by atoms with E-state index in [4.69, 9.17) is 4.74 Å². The van der Waals surface area contributed by atoms with Crippen molar-refractivity contribution in [2.45, 2.75) is 13.1 Å². The first kappa shape index (κ1) is 12.4. The monoisotopic (exact) mass is 247 g/mol. The number of aromatic nitrogens is 2. The lowest BCUT2D eigenvalue weighted by molar-refractivity contribution is 0.183. The quantitative estimate of drug-likeness (QED) is 0.818. The van der Waals surface area contributed by atoms with E-state index in [0.29, 0.717) is 13.2 Å². The van der Waals surface area contributed by atoms with Crippen LogP contribution in [0.2, 0.25) is 0 Å². The molecule has 5 heteroatoms. The van der Waals surface area contributed by atoms with Crippen molar-refractivity contribution < 1.29 is 9.84 Å². The number of hydrogen-bond acceptors (Lipinski definition) is 4. The van der Waals surface area contributed by atoms with Crippen molar-refractivity contribution in [3.63, 3.8) is 0 Å². The van der Waals surface area contributed by atoms with Crippen LogP contribution in [-0.4, -0.2) is 28.6 Å². The van der Waals surface area contributed by atoms with Gasteiger partial charge in [0.15, 0.2) is 0 Å². The number of phenolic OH excluding ortho intramolecular Hbond substituents is 1. The summed E-state index contributed by atoms with van der Waals surface area (Å²) in [5.74, 6) is 0.282. The molecule has 5 nitrogen and oxygen atoms in total. The van der Waals surface area contributed by atoms with Gasteiger partial charge >= 0.3 is 0 Å². The summed E-state index contributed by atoms with van der Waals surface area (Å²) in [5.41, 5.74) is 1.98. The molecule has 2 aromatic rings. The fraction of sp³-hybridized carbons (Fsp3) is 0.308. The van der Waals surface area contributed by atoms with Gasteiger partial charge in [-0.1, -0.05) is 12.1 Å². The molecule has 0 radical (unpaired) electrons. The molecule has 0 spiro atoms. The number of anilines is 1. The Bertz CT molecular complexity index is 496. The Morgan fingerprint density at radius 3 is 3.11 bits per heavy atom. The maximum Gasteiger partial charge on any atom is 0.115 e. The molecular formula is C13H17N3O2. The molecule has 0 aliphatic heterocycles. The van der Waals surface area contributed by atoms with Crippen LogP contribution in [0.15, 0.2) is 36.7 Å². The number of methoxy groups -OCH3 is 1. The third-order valence-corrected chi connectivity index (χ3v) is 2.56. The lowest BCUT2D eigenvalue weighted by Crippen LogP contribution is -2.04. The Morgan fingerprint density at radius 2 is 2.33 bits per heavy atom. The molecule has 0 aliphatic carbocycles.